The van der Waals surface area contributed by atoms with Crippen molar-refractivity contribution < 1.29 is 10.2 Å². The fourth-order valence-corrected chi connectivity index (χ4v) is 2.19. The molecule has 0 aliphatic heterocycles. The Morgan fingerprint density at radius 2 is 1.61 bits per heavy atom. The molecule has 0 aliphatic carbocycles. The summed E-state index contributed by atoms with van der Waals surface area (Å²) in [5.74, 6) is 0.149. The first-order chi connectivity index (χ1) is 15.2. The number of rotatable bonds is 11. The Balaban J connectivity index is 1.75. The summed E-state index contributed by atoms with van der Waals surface area (Å²) in [6, 6.07) is 0. The summed E-state index contributed by atoms with van der Waals surface area (Å²) in [5, 5.41) is 53.7. The molecule has 31 heavy (non-hydrogen) atoms. The van der Waals surface area contributed by atoms with Gasteiger partial charge in [-0.2, -0.15) is 9.67 Å². The number of nitrogens with one attached hydrogen (secondary N) is 2. The average molecular weight is 430 g/mol. The van der Waals surface area contributed by atoms with E-state index in [1.807, 2.05) is 0 Å². The first-order valence-corrected chi connectivity index (χ1v) is 8.46. The second kappa shape index (κ2) is 10.2. The molecule has 4 N–H and O–H groups in total. The second-order valence-electron chi connectivity index (χ2n) is 5.33. The monoisotopic (exact) mass is 430 g/mol. The minimum absolute atomic E-state index is 0.0351. The van der Waals surface area contributed by atoms with Crippen LogP contribution in [0.2, 0.25) is 0 Å². The molecule has 0 fully saturated rings. The molecular weight excluding hydrogens is 416 g/mol. The van der Waals surface area contributed by atoms with Crippen molar-refractivity contribution in [2.24, 2.45) is 10.2 Å². The molecule has 3 aromatic rings. The second-order valence-corrected chi connectivity index (χ2v) is 5.33. The summed E-state index contributed by atoms with van der Waals surface area (Å²) >= 11 is 0. The molecule has 20 nitrogen and oxygen atoms in total. The van der Waals surface area contributed by atoms with E-state index in [1.54, 1.807) is 0 Å². The molecule has 0 spiro atoms. The van der Waals surface area contributed by atoms with Crippen molar-refractivity contribution in [1.29, 1.82) is 0 Å². The molecule has 0 atom stereocenters. The third kappa shape index (κ3) is 5.25. The van der Waals surface area contributed by atoms with Gasteiger partial charge < -0.3 is 20.8 Å². The maximum Gasteiger partial charge on any atom is 0.292 e. The van der Waals surface area contributed by atoms with Gasteiger partial charge in [-0.3, -0.25) is 0 Å². The number of azide groups is 2. The van der Waals surface area contributed by atoms with Crippen molar-refractivity contribution in [2.75, 3.05) is 30.4 Å². The number of nitrogens with zero attached hydrogens (tertiary/aromatic N) is 16. The Bertz CT molecular complexity index is 1110. The van der Waals surface area contributed by atoms with Crippen molar-refractivity contribution in [2.45, 2.75) is 13.1 Å². The Hall–Kier alpha value is -4.64. The number of hydrogen-bond donors (Lipinski definition) is 4. The first-order valence-electron chi connectivity index (χ1n) is 8.46. The fourth-order valence-electron chi connectivity index (χ4n) is 2.19. The lowest BCUT2D eigenvalue weighted by Gasteiger charge is -2.06. The van der Waals surface area contributed by atoms with E-state index in [9.17, 15) is 0 Å². The summed E-state index contributed by atoms with van der Waals surface area (Å²) in [6.07, 6.45) is 0. The SMILES string of the molecule is [N-]=[N+]=Nc1nc(CNc2nnc(-n3nc(N=[N+]=[N-])nc3NCCO)nn2)n(CCO)n1. The van der Waals surface area contributed by atoms with E-state index in [1.165, 1.54) is 4.68 Å². The third-order valence-electron chi connectivity index (χ3n) is 3.37. The first kappa shape index (κ1) is 21.1. The van der Waals surface area contributed by atoms with E-state index in [-0.39, 0.29) is 62.6 Å². The Morgan fingerprint density at radius 3 is 2.26 bits per heavy atom. The van der Waals surface area contributed by atoms with Gasteiger partial charge in [0.25, 0.3) is 11.9 Å². The smallest absolute Gasteiger partial charge is 0.292 e. The minimum Gasteiger partial charge on any atom is -0.395 e. The van der Waals surface area contributed by atoms with Crippen LogP contribution in [0.4, 0.5) is 23.8 Å². The van der Waals surface area contributed by atoms with Crippen molar-refractivity contribution >= 4 is 23.8 Å². The predicted octanol–water partition coefficient (Wildman–Crippen LogP) is -0.669. The lowest BCUT2D eigenvalue weighted by atomic mass is 10.5. The number of aliphatic hydroxyl groups is 2. The van der Waals surface area contributed by atoms with Crippen LogP contribution in [0.1, 0.15) is 5.82 Å². The van der Waals surface area contributed by atoms with Crippen molar-refractivity contribution in [3.63, 3.8) is 0 Å². The van der Waals surface area contributed by atoms with Crippen molar-refractivity contribution in [3.8, 4) is 5.95 Å². The van der Waals surface area contributed by atoms with Crippen LogP contribution in [-0.4, -0.2) is 79.9 Å². The molecule has 0 aromatic carbocycles. The van der Waals surface area contributed by atoms with Crippen LogP contribution in [0.3, 0.4) is 0 Å². The van der Waals surface area contributed by atoms with E-state index in [0.29, 0.717) is 5.82 Å². The molecule has 160 valence electrons. The van der Waals surface area contributed by atoms with E-state index < -0.39 is 0 Å². The molecule has 0 radical (unpaired) electrons. The summed E-state index contributed by atoms with van der Waals surface area (Å²) in [5.41, 5.74) is 17.0. The lowest BCUT2D eigenvalue weighted by Crippen LogP contribution is -2.16. The van der Waals surface area contributed by atoms with Crippen LogP contribution in [0.15, 0.2) is 10.2 Å². The highest BCUT2D eigenvalue weighted by molar-refractivity contribution is 5.36. The van der Waals surface area contributed by atoms with Crippen molar-refractivity contribution in [1.82, 2.24) is 49.9 Å². The highest BCUT2D eigenvalue weighted by Crippen LogP contribution is 2.15. The largest absolute Gasteiger partial charge is 0.395 e. The molecule has 0 aliphatic rings. The van der Waals surface area contributed by atoms with Gasteiger partial charge in [-0.05, 0) is 21.3 Å². The van der Waals surface area contributed by atoms with Crippen LogP contribution in [0, 0.1) is 0 Å². The molecule has 0 unspecified atom stereocenters. The highest BCUT2D eigenvalue weighted by Gasteiger charge is 2.15. The Labute approximate surface area is 171 Å². The molecule has 0 bridgehead atoms. The van der Waals surface area contributed by atoms with Gasteiger partial charge in [0, 0.05) is 16.4 Å². The highest BCUT2D eigenvalue weighted by atomic mass is 16.3. The zero-order valence-electron chi connectivity index (χ0n) is 15.6. The molecule has 0 amide bonds. The summed E-state index contributed by atoms with van der Waals surface area (Å²) in [4.78, 5) is 13.2. The Kier molecular flexibility index (Phi) is 6.95. The maximum absolute atomic E-state index is 9.10. The van der Waals surface area contributed by atoms with Gasteiger partial charge in [0.05, 0.1) is 26.3 Å². The molecule has 3 heterocycles. The van der Waals surface area contributed by atoms with Crippen LogP contribution in [-0.2, 0) is 13.1 Å². The third-order valence-corrected chi connectivity index (χ3v) is 3.37. The summed E-state index contributed by atoms with van der Waals surface area (Å²) < 4.78 is 2.46. The van der Waals surface area contributed by atoms with Crippen LogP contribution in [0.25, 0.3) is 26.8 Å². The molecule has 0 saturated heterocycles. The maximum atomic E-state index is 9.10. The van der Waals surface area contributed by atoms with Gasteiger partial charge in [-0.25, -0.2) is 9.67 Å². The molecule has 3 rings (SSSR count). The molecular formula is C11H14N18O2. The van der Waals surface area contributed by atoms with Crippen molar-refractivity contribution in [3.05, 3.63) is 26.7 Å². The topological polar surface area (TPSA) is 275 Å². The van der Waals surface area contributed by atoms with Crippen LogP contribution >= 0.6 is 0 Å². The molecule has 0 saturated carbocycles. The normalized spacial score (nSPS) is 10.3. The summed E-state index contributed by atoms with van der Waals surface area (Å²) in [7, 11) is 0. The quantitative estimate of drug-likeness (QED) is 0.167. The minimum atomic E-state index is -0.192. The zero-order valence-corrected chi connectivity index (χ0v) is 15.6. The van der Waals surface area contributed by atoms with Crippen LogP contribution < -0.4 is 10.6 Å². The lowest BCUT2D eigenvalue weighted by molar-refractivity contribution is 0.267. The van der Waals surface area contributed by atoms with Gasteiger partial charge in [-0.15, -0.1) is 30.6 Å². The van der Waals surface area contributed by atoms with Gasteiger partial charge in [0.15, 0.2) is 0 Å². The van der Waals surface area contributed by atoms with E-state index in [0.717, 1.165) is 4.68 Å². The average Bonchev–Trinajstić information content (AvgIpc) is 3.35. The standard InChI is InChI=1S/C11H14N18O2/c12-26-20-8-16-6(28(24-8)2-4-31)5-15-7-18-22-11(23-19-7)29-10(14-1-3-30)17-9(25-29)21-27-13/h30-31H,1-5H2,(H,14,17,25)(H,15,18,19). The van der Waals surface area contributed by atoms with Crippen LogP contribution in [0.5, 0.6) is 0 Å². The molecule has 3 aromatic heterocycles. The number of aliphatic hydroxyl groups excluding tert-OH is 2. The fraction of sp³-hybridized carbons (Fsp3) is 0.455. The van der Waals surface area contributed by atoms with Gasteiger partial charge in [0.2, 0.25) is 17.8 Å². The predicted molar refractivity (Wildman–Crippen MR) is 100 cm³/mol. The summed E-state index contributed by atoms with van der Waals surface area (Å²) in [6.45, 7) is 0.00520. The Morgan fingerprint density at radius 1 is 0.903 bits per heavy atom. The molecule has 20 heteroatoms. The van der Waals surface area contributed by atoms with Gasteiger partial charge in [0.1, 0.15) is 5.82 Å². The van der Waals surface area contributed by atoms with Gasteiger partial charge in [-0.1, -0.05) is 0 Å². The number of aromatic nitrogens is 10. The number of hydrogen-bond acceptors (Lipinski definition) is 14. The number of anilines is 2. The van der Waals surface area contributed by atoms with E-state index in [2.05, 4.69) is 71.2 Å². The zero-order chi connectivity index (χ0) is 22.1. The van der Waals surface area contributed by atoms with E-state index in [4.69, 9.17) is 21.3 Å². The van der Waals surface area contributed by atoms with Gasteiger partial charge >= 0.3 is 0 Å². The van der Waals surface area contributed by atoms with E-state index >= 15 is 0 Å².